The van der Waals surface area contributed by atoms with Crippen LogP contribution >= 0.6 is 12.4 Å². The minimum Gasteiger partial charge on any atom is -0.490 e. The van der Waals surface area contributed by atoms with Gasteiger partial charge in [-0.3, -0.25) is 4.79 Å². The quantitative estimate of drug-likeness (QED) is 0.812. The van der Waals surface area contributed by atoms with Gasteiger partial charge in [0, 0.05) is 24.7 Å². The molecule has 4 rings (SSSR count). The lowest BCUT2D eigenvalue weighted by Gasteiger charge is -2.32. The normalized spacial score (nSPS) is 21.5. The second kappa shape index (κ2) is 9.09. The van der Waals surface area contributed by atoms with Crippen LogP contribution < -0.4 is 10.1 Å². The van der Waals surface area contributed by atoms with E-state index in [1.165, 1.54) is 32.2 Å². The molecule has 1 heterocycles. The second-order valence-electron chi connectivity index (χ2n) is 7.97. The third-order valence-corrected chi connectivity index (χ3v) is 5.86. The minimum absolute atomic E-state index is 0. The second-order valence-corrected chi connectivity index (χ2v) is 7.97. The smallest absolute Gasteiger partial charge is 0.253 e. The lowest BCUT2D eigenvalue weighted by atomic mass is 10.0. The van der Waals surface area contributed by atoms with Crippen molar-refractivity contribution in [1.29, 1.82) is 0 Å². The van der Waals surface area contributed by atoms with E-state index in [4.69, 9.17) is 4.74 Å². The zero-order valence-corrected chi connectivity index (χ0v) is 16.3. The maximum atomic E-state index is 12.8. The van der Waals surface area contributed by atoms with Crippen molar-refractivity contribution in [3.63, 3.8) is 0 Å². The minimum atomic E-state index is 0. The molecule has 0 radical (unpaired) electrons. The number of benzene rings is 1. The van der Waals surface area contributed by atoms with Crippen LogP contribution in [0.15, 0.2) is 24.3 Å². The number of halogens is 1. The molecule has 26 heavy (non-hydrogen) atoms. The van der Waals surface area contributed by atoms with Gasteiger partial charge in [-0.15, -0.1) is 12.4 Å². The van der Waals surface area contributed by atoms with E-state index in [1.54, 1.807) is 0 Å². The van der Waals surface area contributed by atoms with E-state index in [9.17, 15) is 4.79 Å². The van der Waals surface area contributed by atoms with Crippen molar-refractivity contribution in [2.75, 3.05) is 19.6 Å². The Labute approximate surface area is 163 Å². The summed E-state index contributed by atoms with van der Waals surface area (Å²) in [6, 6.07) is 8.35. The predicted molar refractivity (Wildman–Crippen MR) is 106 cm³/mol. The van der Waals surface area contributed by atoms with Gasteiger partial charge in [0.15, 0.2) is 0 Å². The maximum absolute atomic E-state index is 12.8. The highest BCUT2D eigenvalue weighted by atomic mass is 35.5. The van der Waals surface area contributed by atoms with E-state index in [-0.39, 0.29) is 18.3 Å². The van der Waals surface area contributed by atoms with Crippen LogP contribution in [0.5, 0.6) is 5.75 Å². The number of piperidine rings is 1. The molecule has 0 unspecified atom stereocenters. The molecule has 1 aliphatic heterocycles. The van der Waals surface area contributed by atoms with Crippen LogP contribution in [0, 0.1) is 5.92 Å². The van der Waals surface area contributed by atoms with Crippen molar-refractivity contribution in [2.24, 2.45) is 5.92 Å². The summed E-state index contributed by atoms with van der Waals surface area (Å²) in [6.45, 7) is 2.88. The van der Waals surface area contributed by atoms with E-state index in [1.807, 2.05) is 29.2 Å². The Hall–Kier alpha value is -1.26. The van der Waals surface area contributed by atoms with Gasteiger partial charge in [0.1, 0.15) is 5.75 Å². The molecule has 1 N–H and O–H groups in total. The topological polar surface area (TPSA) is 41.6 Å². The molecule has 3 fully saturated rings. The highest BCUT2D eigenvalue weighted by Gasteiger charge is 2.26. The van der Waals surface area contributed by atoms with Crippen LogP contribution in [0.2, 0.25) is 0 Å². The van der Waals surface area contributed by atoms with Crippen molar-refractivity contribution in [1.82, 2.24) is 10.2 Å². The largest absolute Gasteiger partial charge is 0.490 e. The van der Waals surface area contributed by atoms with Gasteiger partial charge in [-0.2, -0.15) is 0 Å². The Kier molecular flexibility index (Phi) is 6.82. The van der Waals surface area contributed by atoms with Crippen LogP contribution in [0.25, 0.3) is 0 Å². The molecule has 0 atom stereocenters. The highest BCUT2D eigenvalue weighted by molar-refractivity contribution is 5.94. The van der Waals surface area contributed by atoms with Crippen molar-refractivity contribution >= 4 is 18.3 Å². The number of carbonyl (C=O) groups is 1. The van der Waals surface area contributed by atoms with Gasteiger partial charge >= 0.3 is 0 Å². The first-order chi connectivity index (χ1) is 12.3. The van der Waals surface area contributed by atoms with Gasteiger partial charge in [-0.05, 0) is 82.0 Å². The number of nitrogens with zero attached hydrogens (tertiary/aromatic N) is 1. The summed E-state index contributed by atoms with van der Waals surface area (Å²) in [6.07, 6.45) is 10.0. The van der Waals surface area contributed by atoms with Crippen LogP contribution in [0.4, 0.5) is 0 Å². The first-order valence-corrected chi connectivity index (χ1v) is 10.1. The molecule has 1 saturated heterocycles. The van der Waals surface area contributed by atoms with Gasteiger partial charge in [-0.25, -0.2) is 0 Å². The summed E-state index contributed by atoms with van der Waals surface area (Å²) >= 11 is 0. The van der Waals surface area contributed by atoms with Gasteiger partial charge in [0.25, 0.3) is 5.91 Å². The van der Waals surface area contributed by atoms with Gasteiger partial charge < -0.3 is 15.0 Å². The van der Waals surface area contributed by atoms with E-state index in [0.29, 0.717) is 12.1 Å². The Balaban J connectivity index is 0.00000196. The molecule has 0 spiro atoms. The Bertz CT molecular complexity index is 591. The van der Waals surface area contributed by atoms with E-state index in [0.717, 1.165) is 56.0 Å². The molecule has 5 heteroatoms. The summed E-state index contributed by atoms with van der Waals surface area (Å²) in [5.74, 6) is 1.92. The van der Waals surface area contributed by atoms with Gasteiger partial charge in [-0.1, -0.05) is 6.07 Å². The molecule has 0 bridgehead atoms. The number of hydrogen-bond donors (Lipinski definition) is 1. The molecule has 4 nitrogen and oxygen atoms in total. The molecule has 3 aliphatic rings. The molecule has 2 aliphatic carbocycles. The number of likely N-dealkylation sites (tertiary alicyclic amines) is 1. The fraction of sp³-hybridized carbons (Fsp3) is 0.667. The number of hydrogen-bond acceptors (Lipinski definition) is 3. The molecule has 1 aromatic rings. The SMILES string of the molecule is Cl.O=C(c1cccc(OC2CCCC2)c1)N1CCC(NCC2CC2)CC1. The summed E-state index contributed by atoms with van der Waals surface area (Å²) in [5, 5.41) is 3.67. The number of carbonyl (C=O) groups excluding carboxylic acids is 1. The fourth-order valence-corrected chi connectivity index (χ4v) is 4.03. The molecule has 144 valence electrons. The van der Waals surface area contributed by atoms with Crippen molar-refractivity contribution in [3.05, 3.63) is 29.8 Å². The number of rotatable bonds is 6. The van der Waals surface area contributed by atoms with Gasteiger partial charge in [0.05, 0.1) is 6.10 Å². The third-order valence-electron chi connectivity index (χ3n) is 5.86. The monoisotopic (exact) mass is 378 g/mol. The van der Waals surface area contributed by atoms with Crippen LogP contribution in [0.3, 0.4) is 0 Å². The summed E-state index contributed by atoms with van der Waals surface area (Å²) < 4.78 is 6.05. The summed E-state index contributed by atoms with van der Waals surface area (Å²) in [7, 11) is 0. The zero-order chi connectivity index (χ0) is 17.1. The average Bonchev–Trinajstić information content (AvgIpc) is 3.35. The fourth-order valence-electron chi connectivity index (χ4n) is 4.03. The Morgan fingerprint density at radius 1 is 1.08 bits per heavy atom. The summed E-state index contributed by atoms with van der Waals surface area (Å²) in [4.78, 5) is 14.8. The van der Waals surface area contributed by atoms with Crippen molar-refractivity contribution < 1.29 is 9.53 Å². The molecule has 2 saturated carbocycles. The van der Waals surface area contributed by atoms with E-state index in [2.05, 4.69) is 5.32 Å². The lowest BCUT2D eigenvalue weighted by molar-refractivity contribution is 0.0704. The van der Waals surface area contributed by atoms with Crippen LogP contribution in [-0.4, -0.2) is 42.6 Å². The van der Waals surface area contributed by atoms with Crippen molar-refractivity contribution in [2.45, 2.75) is 63.5 Å². The molecule has 1 amide bonds. The maximum Gasteiger partial charge on any atom is 0.253 e. The number of amides is 1. The predicted octanol–water partition coefficient (Wildman–Crippen LogP) is 4.03. The Morgan fingerprint density at radius 3 is 2.50 bits per heavy atom. The van der Waals surface area contributed by atoms with Crippen molar-refractivity contribution in [3.8, 4) is 5.75 Å². The zero-order valence-electron chi connectivity index (χ0n) is 15.5. The van der Waals surface area contributed by atoms with E-state index < -0.39 is 0 Å². The molecular weight excluding hydrogens is 348 g/mol. The molecular formula is C21H31ClN2O2. The number of nitrogens with one attached hydrogen (secondary N) is 1. The van der Waals surface area contributed by atoms with Gasteiger partial charge in [0.2, 0.25) is 0 Å². The average molecular weight is 379 g/mol. The first-order valence-electron chi connectivity index (χ1n) is 10.1. The highest BCUT2D eigenvalue weighted by Crippen LogP contribution is 2.28. The van der Waals surface area contributed by atoms with Crippen LogP contribution in [-0.2, 0) is 0 Å². The number of ether oxygens (including phenoxy) is 1. The van der Waals surface area contributed by atoms with E-state index >= 15 is 0 Å². The first kappa shape index (κ1) is 19.5. The lowest BCUT2D eigenvalue weighted by Crippen LogP contribution is -2.45. The summed E-state index contributed by atoms with van der Waals surface area (Å²) in [5.41, 5.74) is 0.764. The molecule has 0 aromatic heterocycles. The molecule has 1 aromatic carbocycles. The van der Waals surface area contributed by atoms with Crippen LogP contribution in [0.1, 0.15) is 61.7 Å². The Morgan fingerprint density at radius 2 is 1.81 bits per heavy atom. The standard InChI is InChI=1S/C21H30N2O2.ClH/c24-21(23-12-10-18(11-13-23)22-15-16-8-9-16)17-4-3-7-20(14-17)25-19-5-1-2-6-19;/h3-4,7,14,16,18-19,22H,1-2,5-6,8-13,15H2;1H. The third kappa shape index (κ3) is 5.14.